The van der Waals surface area contributed by atoms with Gasteiger partial charge in [0, 0.05) is 12.6 Å². The first-order valence-electron chi connectivity index (χ1n) is 6.71. The molecule has 3 atom stereocenters. The summed E-state index contributed by atoms with van der Waals surface area (Å²) in [4.78, 5) is 11.7. The molecule has 2 aliphatic carbocycles. The molecule has 0 unspecified atom stereocenters. The van der Waals surface area contributed by atoms with Crippen LogP contribution in [-0.4, -0.2) is 18.6 Å². The van der Waals surface area contributed by atoms with Crippen LogP contribution in [0.2, 0.25) is 0 Å². The molecule has 3 heteroatoms. The third-order valence-corrected chi connectivity index (χ3v) is 4.27. The van der Waals surface area contributed by atoms with E-state index in [1.807, 2.05) is 0 Å². The van der Waals surface area contributed by atoms with Crippen molar-refractivity contribution < 1.29 is 4.79 Å². The average Bonchev–Trinajstić information content (AvgIpc) is 3.06. The van der Waals surface area contributed by atoms with Crippen LogP contribution in [0.4, 0.5) is 4.79 Å². The van der Waals surface area contributed by atoms with Crippen LogP contribution in [0.15, 0.2) is 0 Å². The Kier molecular flexibility index (Phi) is 3.72. The van der Waals surface area contributed by atoms with E-state index in [2.05, 4.69) is 24.5 Å². The molecule has 0 bridgehead atoms. The molecule has 2 N–H and O–H groups in total. The second-order valence-corrected chi connectivity index (χ2v) is 5.67. The monoisotopic (exact) mass is 224 g/mol. The van der Waals surface area contributed by atoms with Crippen molar-refractivity contribution in [2.45, 2.75) is 52.0 Å². The lowest BCUT2D eigenvalue weighted by molar-refractivity contribution is 0.195. The summed E-state index contributed by atoms with van der Waals surface area (Å²) in [6.45, 7) is 5.42. The number of rotatable bonds is 3. The molecule has 2 saturated carbocycles. The number of hydrogen-bond donors (Lipinski definition) is 2. The molecule has 16 heavy (non-hydrogen) atoms. The molecule has 3 nitrogen and oxygen atoms in total. The highest BCUT2D eigenvalue weighted by Crippen LogP contribution is 2.29. The van der Waals surface area contributed by atoms with Gasteiger partial charge in [-0.2, -0.15) is 0 Å². The minimum atomic E-state index is 0.0397. The molecule has 0 aromatic carbocycles. The lowest BCUT2D eigenvalue weighted by Crippen LogP contribution is -2.48. The third-order valence-electron chi connectivity index (χ3n) is 4.27. The molecule has 0 radical (unpaired) electrons. The topological polar surface area (TPSA) is 41.1 Å². The number of hydrogen-bond acceptors (Lipinski definition) is 1. The van der Waals surface area contributed by atoms with Gasteiger partial charge in [0.05, 0.1) is 0 Å². The molecular weight excluding hydrogens is 200 g/mol. The van der Waals surface area contributed by atoms with E-state index in [1.165, 1.54) is 25.7 Å². The zero-order chi connectivity index (χ0) is 11.5. The Morgan fingerprint density at radius 1 is 1.19 bits per heavy atom. The lowest BCUT2D eigenvalue weighted by atomic mass is 9.78. The smallest absolute Gasteiger partial charge is 0.315 e. The standard InChI is InChI=1S/C13H24N2O/c1-9-4-3-5-12(10(9)2)15-13(16)14-8-11-6-7-11/h9-12H,3-8H2,1-2H3,(H2,14,15,16)/t9-,10+,12+/m1/s1. The predicted molar refractivity (Wildman–Crippen MR) is 65.2 cm³/mol. The highest BCUT2D eigenvalue weighted by molar-refractivity contribution is 5.74. The van der Waals surface area contributed by atoms with Gasteiger partial charge in [-0.3, -0.25) is 0 Å². The van der Waals surface area contributed by atoms with Crippen LogP contribution in [0.5, 0.6) is 0 Å². The number of carbonyl (C=O) groups excluding carboxylic acids is 1. The molecule has 0 aliphatic heterocycles. The highest BCUT2D eigenvalue weighted by atomic mass is 16.2. The van der Waals surface area contributed by atoms with Gasteiger partial charge >= 0.3 is 6.03 Å². The van der Waals surface area contributed by atoms with Gasteiger partial charge in [-0.05, 0) is 37.0 Å². The predicted octanol–water partition coefficient (Wildman–Crippen LogP) is 2.52. The molecular formula is C13H24N2O. The van der Waals surface area contributed by atoms with E-state index in [9.17, 15) is 4.79 Å². The quantitative estimate of drug-likeness (QED) is 0.760. The van der Waals surface area contributed by atoms with Crippen LogP contribution in [0.1, 0.15) is 46.0 Å². The van der Waals surface area contributed by atoms with Crippen molar-refractivity contribution in [2.24, 2.45) is 17.8 Å². The van der Waals surface area contributed by atoms with E-state index in [0.29, 0.717) is 12.0 Å². The molecule has 0 spiro atoms. The van der Waals surface area contributed by atoms with Crippen LogP contribution < -0.4 is 10.6 Å². The molecule has 0 saturated heterocycles. The van der Waals surface area contributed by atoms with Crippen molar-refractivity contribution in [3.8, 4) is 0 Å². The molecule has 92 valence electrons. The van der Waals surface area contributed by atoms with Crippen LogP contribution in [0.3, 0.4) is 0 Å². The first-order chi connectivity index (χ1) is 7.66. The van der Waals surface area contributed by atoms with Crippen LogP contribution >= 0.6 is 0 Å². The van der Waals surface area contributed by atoms with Gasteiger partial charge in [0.1, 0.15) is 0 Å². The summed E-state index contributed by atoms with van der Waals surface area (Å²) < 4.78 is 0. The fourth-order valence-corrected chi connectivity index (χ4v) is 2.56. The Balaban J connectivity index is 1.71. The van der Waals surface area contributed by atoms with Crippen molar-refractivity contribution in [3.63, 3.8) is 0 Å². The lowest BCUT2D eigenvalue weighted by Gasteiger charge is -2.34. The SMILES string of the molecule is C[C@H]1[C@H](C)CCC[C@@H]1NC(=O)NCC1CC1. The van der Waals surface area contributed by atoms with Gasteiger partial charge < -0.3 is 10.6 Å². The highest BCUT2D eigenvalue weighted by Gasteiger charge is 2.28. The summed E-state index contributed by atoms with van der Waals surface area (Å²) in [7, 11) is 0. The number of amides is 2. The van der Waals surface area contributed by atoms with Gasteiger partial charge in [-0.15, -0.1) is 0 Å². The first-order valence-corrected chi connectivity index (χ1v) is 6.71. The van der Waals surface area contributed by atoms with Crippen LogP contribution in [-0.2, 0) is 0 Å². The summed E-state index contributed by atoms with van der Waals surface area (Å²) in [5.74, 6) is 2.11. The summed E-state index contributed by atoms with van der Waals surface area (Å²) in [5, 5.41) is 6.11. The van der Waals surface area contributed by atoms with E-state index < -0.39 is 0 Å². The second-order valence-electron chi connectivity index (χ2n) is 5.67. The first kappa shape index (κ1) is 11.7. The number of carbonyl (C=O) groups is 1. The van der Waals surface area contributed by atoms with E-state index >= 15 is 0 Å². The fourth-order valence-electron chi connectivity index (χ4n) is 2.56. The molecule has 2 amide bonds. The minimum absolute atomic E-state index is 0.0397. The van der Waals surface area contributed by atoms with E-state index in [-0.39, 0.29) is 6.03 Å². The van der Waals surface area contributed by atoms with Crippen molar-refractivity contribution >= 4 is 6.03 Å². The Morgan fingerprint density at radius 3 is 2.62 bits per heavy atom. The van der Waals surface area contributed by atoms with Crippen LogP contribution in [0, 0.1) is 17.8 Å². The van der Waals surface area contributed by atoms with Crippen molar-refractivity contribution in [3.05, 3.63) is 0 Å². The Hall–Kier alpha value is -0.730. The normalized spacial score (nSPS) is 34.5. The molecule has 2 fully saturated rings. The van der Waals surface area contributed by atoms with Crippen molar-refractivity contribution in [1.82, 2.24) is 10.6 Å². The molecule has 2 rings (SSSR count). The average molecular weight is 224 g/mol. The van der Waals surface area contributed by atoms with Gasteiger partial charge in [0.25, 0.3) is 0 Å². The zero-order valence-corrected chi connectivity index (χ0v) is 10.5. The Bertz CT molecular complexity index is 250. The molecule has 2 aliphatic rings. The summed E-state index contributed by atoms with van der Waals surface area (Å²) in [6, 6.07) is 0.417. The minimum Gasteiger partial charge on any atom is -0.338 e. The van der Waals surface area contributed by atoms with Crippen molar-refractivity contribution in [2.75, 3.05) is 6.54 Å². The Labute approximate surface area is 98.4 Å². The Morgan fingerprint density at radius 2 is 1.94 bits per heavy atom. The number of urea groups is 1. The van der Waals surface area contributed by atoms with Gasteiger partial charge in [-0.25, -0.2) is 4.79 Å². The van der Waals surface area contributed by atoms with Crippen molar-refractivity contribution in [1.29, 1.82) is 0 Å². The summed E-state index contributed by atoms with van der Waals surface area (Å²) in [6.07, 6.45) is 6.28. The zero-order valence-electron chi connectivity index (χ0n) is 10.5. The largest absolute Gasteiger partial charge is 0.338 e. The van der Waals surface area contributed by atoms with Gasteiger partial charge in [-0.1, -0.05) is 26.7 Å². The summed E-state index contributed by atoms with van der Waals surface area (Å²) in [5.41, 5.74) is 0. The maximum atomic E-state index is 11.7. The van der Waals surface area contributed by atoms with E-state index in [4.69, 9.17) is 0 Å². The summed E-state index contributed by atoms with van der Waals surface area (Å²) >= 11 is 0. The maximum Gasteiger partial charge on any atom is 0.315 e. The molecule has 0 heterocycles. The molecule has 0 aromatic heterocycles. The van der Waals surface area contributed by atoms with E-state index in [1.54, 1.807) is 0 Å². The van der Waals surface area contributed by atoms with Crippen LogP contribution in [0.25, 0.3) is 0 Å². The maximum absolute atomic E-state index is 11.7. The third kappa shape index (κ3) is 3.13. The van der Waals surface area contributed by atoms with Gasteiger partial charge in [0.2, 0.25) is 0 Å². The van der Waals surface area contributed by atoms with Gasteiger partial charge in [0.15, 0.2) is 0 Å². The molecule has 0 aromatic rings. The fraction of sp³-hybridized carbons (Fsp3) is 0.923. The second kappa shape index (κ2) is 5.07. The van der Waals surface area contributed by atoms with E-state index in [0.717, 1.165) is 24.8 Å². The number of nitrogens with one attached hydrogen (secondary N) is 2.